The van der Waals surface area contributed by atoms with Gasteiger partial charge in [0.05, 0.1) is 18.0 Å². The van der Waals surface area contributed by atoms with Gasteiger partial charge in [0.1, 0.15) is 0 Å². The average Bonchev–Trinajstić information content (AvgIpc) is 3.26. The fourth-order valence-corrected chi connectivity index (χ4v) is 3.49. The molecule has 6 heteroatoms. The summed E-state index contributed by atoms with van der Waals surface area (Å²) in [6.45, 7) is 3.59. The lowest BCUT2D eigenvalue weighted by Gasteiger charge is -2.05. The van der Waals surface area contributed by atoms with Crippen LogP contribution in [-0.4, -0.2) is 29.3 Å². The highest BCUT2D eigenvalue weighted by atomic mass is 32.1. The highest BCUT2D eigenvalue weighted by molar-refractivity contribution is 7.09. The normalized spacial score (nSPS) is 11.0. The van der Waals surface area contributed by atoms with E-state index in [1.165, 1.54) is 4.88 Å². The zero-order valence-corrected chi connectivity index (χ0v) is 15.4. The second-order valence-corrected chi connectivity index (χ2v) is 6.94. The molecule has 1 aromatic carbocycles. The standard InChI is InChI=1S/C19H23N3O2S/c1-3-4-11-22-19(24-2)16-8-7-14(13-17(16)21-22)18(23)20-10-9-15-6-5-12-25-15/h5-8,12-13H,3-4,9-11H2,1-2H3,(H,20,23). The van der Waals surface area contributed by atoms with E-state index in [0.717, 1.165) is 42.6 Å². The maximum atomic E-state index is 12.4. The minimum Gasteiger partial charge on any atom is -0.481 e. The molecule has 0 fully saturated rings. The highest BCUT2D eigenvalue weighted by Crippen LogP contribution is 2.26. The lowest BCUT2D eigenvalue weighted by molar-refractivity contribution is 0.0954. The van der Waals surface area contributed by atoms with Gasteiger partial charge in [-0.25, -0.2) is 4.68 Å². The van der Waals surface area contributed by atoms with E-state index < -0.39 is 0 Å². The first-order valence-corrected chi connectivity index (χ1v) is 9.46. The molecule has 0 aliphatic carbocycles. The summed E-state index contributed by atoms with van der Waals surface area (Å²) in [5, 5.41) is 10.6. The van der Waals surface area contributed by atoms with Crippen LogP contribution in [0.1, 0.15) is 35.0 Å². The van der Waals surface area contributed by atoms with Gasteiger partial charge >= 0.3 is 0 Å². The van der Waals surface area contributed by atoms with Crippen molar-refractivity contribution in [2.75, 3.05) is 13.7 Å². The summed E-state index contributed by atoms with van der Waals surface area (Å²) in [5.74, 6) is 0.689. The van der Waals surface area contributed by atoms with E-state index >= 15 is 0 Å². The molecule has 0 saturated heterocycles. The van der Waals surface area contributed by atoms with Crippen LogP contribution in [0.5, 0.6) is 5.88 Å². The number of aromatic nitrogens is 2. The minimum absolute atomic E-state index is 0.0690. The number of thiophene rings is 1. The van der Waals surface area contributed by atoms with E-state index in [-0.39, 0.29) is 5.91 Å². The minimum atomic E-state index is -0.0690. The van der Waals surface area contributed by atoms with Crippen molar-refractivity contribution < 1.29 is 9.53 Å². The number of carbonyl (C=O) groups is 1. The Morgan fingerprint density at radius 2 is 2.24 bits per heavy atom. The maximum Gasteiger partial charge on any atom is 0.251 e. The predicted molar refractivity (Wildman–Crippen MR) is 102 cm³/mol. The Kier molecular flexibility index (Phi) is 5.71. The molecule has 132 valence electrons. The number of nitrogens with zero attached hydrogens (tertiary/aromatic N) is 2. The van der Waals surface area contributed by atoms with Gasteiger partial charge in [-0.2, -0.15) is 5.10 Å². The second kappa shape index (κ2) is 8.16. The summed E-state index contributed by atoms with van der Waals surface area (Å²) in [6.07, 6.45) is 2.99. The third-order valence-electron chi connectivity index (χ3n) is 4.11. The topological polar surface area (TPSA) is 56.2 Å². The number of methoxy groups -OCH3 is 1. The maximum absolute atomic E-state index is 12.4. The molecule has 3 aromatic rings. The molecule has 5 nitrogen and oxygen atoms in total. The van der Waals surface area contributed by atoms with Crippen molar-refractivity contribution in [1.29, 1.82) is 0 Å². The zero-order valence-electron chi connectivity index (χ0n) is 14.6. The van der Waals surface area contributed by atoms with Crippen LogP contribution in [0.15, 0.2) is 35.7 Å². The second-order valence-electron chi connectivity index (χ2n) is 5.90. The number of ether oxygens (including phenoxy) is 1. The average molecular weight is 357 g/mol. The van der Waals surface area contributed by atoms with Gasteiger partial charge in [-0.3, -0.25) is 4.79 Å². The summed E-state index contributed by atoms with van der Waals surface area (Å²) in [5.41, 5.74) is 1.42. The molecule has 0 bridgehead atoms. The van der Waals surface area contributed by atoms with E-state index in [9.17, 15) is 4.79 Å². The molecule has 2 aromatic heterocycles. The molecule has 0 aliphatic heterocycles. The smallest absolute Gasteiger partial charge is 0.251 e. The van der Waals surface area contributed by atoms with Crippen molar-refractivity contribution in [2.45, 2.75) is 32.7 Å². The number of amides is 1. The Labute approximate surface area is 151 Å². The highest BCUT2D eigenvalue weighted by Gasteiger charge is 2.14. The molecule has 1 amide bonds. The van der Waals surface area contributed by atoms with E-state index in [0.29, 0.717) is 12.1 Å². The number of benzene rings is 1. The largest absolute Gasteiger partial charge is 0.481 e. The van der Waals surface area contributed by atoms with E-state index in [1.807, 2.05) is 34.3 Å². The predicted octanol–water partition coefficient (Wildman–Crippen LogP) is 3.88. The fourth-order valence-electron chi connectivity index (χ4n) is 2.78. The third-order valence-corrected chi connectivity index (χ3v) is 5.04. The van der Waals surface area contributed by atoms with Crippen LogP contribution in [0.2, 0.25) is 0 Å². The lowest BCUT2D eigenvalue weighted by Crippen LogP contribution is -2.25. The number of carbonyl (C=O) groups excluding carboxylic acids is 1. The van der Waals surface area contributed by atoms with Crippen molar-refractivity contribution in [3.05, 3.63) is 46.2 Å². The van der Waals surface area contributed by atoms with Crippen LogP contribution < -0.4 is 10.1 Å². The fraction of sp³-hybridized carbons (Fsp3) is 0.368. The number of hydrogen-bond acceptors (Lipinski definition) is 4. The van der Waals surface area contributed by atoms with Crippen molar-refractivity contribution in [1.82, 2.24) is 15.1 Å². The Morgan fingerprint density at radius 3 is 2.96 bits per heavy atom. The van der Waals surface area contributed by atoms with Gasteiger partial charge in [0.15, 0.2) is 0 Å². The van der Waals surface area contributed by atoms with Gasteiger partial charge in [-0.05, 0) is 42.5 Å². The van der Waals surface area contributed by atoms with Crippen LogP contribution in [0, 0.1) is 0 Å². The monoisotopic (exact) mass is 357 g/mol. The van der Waals surface area contributed by atoms with Gasteiger partial charge in [-0.1, -0.05) is 19.4 Å². The van der Waals surface area contributed by atoms with Crippen molar-refractivity contribution >= 4 is 28.1 Å². The van der Waals surface area contributed by atoms with E-state index in [2.05, 4.69) is 23.4 Å². The summed E-state index contributed by atoms with van der Waals surface area (Å²) < 4.78 is 7.38. The molecule has 0 atom stereocenters. The Hall–Kier alpha value is -2.34. The van der Waals surface area contributed by atoms with E-state index in [1.54, 1.807) is 18.4 Å². The molecular weight excluding hydrogens is 334 g/mol. The van der Waals surface area contributed by atoms with Crippen LogP contribution >= 0.6 is 11.3 Å². The van der Waals surface area contributed by atoms with Crippen LogP contribution in [0.25, 0.3) is 10.9 Å². The zero-order chi connectivity index (χ0) is 17.6. The molecule has 3 rings (SSSR count). The molecule has 0 unspecified atom stereocenters. The third kappa shape index (κ3) is 4.02. The number of hydrogen-bond donors (Lipinski definition) is 1. The number of aryl methyl sites for hydroxylation is 1. The van der Waals surface area contributed by atoms with Crippen molar-refractivity contribution in [3.8, 4) is 5.88 Å². The summed E-state index contributed by atoms with van der Waals surface area (Å²) >= 11 is 1.71. The van der Waals surface area contributed by atoms with Gasteiger partial charge in [0.2, 0.25) is 5.88 Å². The quantitative estimate of drug-likeness (QED) is 0.666. The molecule has 1 N–H and O–H groups in total. The molecule has 0 spiro atoms. The molecule has 0 saturated carbocycles. The van der Waals surface area contributed by atoms with Crippen LogP contribution in [0.4, 0.5) is 0 Å². The molecule has 2 heterocycles. The molecule has 0 radical (unpaired) electrons. The van der Waals surface area contributed by atoms with Gasteiger partial charge in [0, 0.05) is 23.5 Å². The molecular formula is C19H23N3O2S. The van der Waals surface area contributed by atoms with E-state index in [4.69, 9.17) is 4.74 Å². The van der Waals surface area contributed by atoms with Gasteiger partial charge < -0.3 is 10.1 Å². The molecule has 25 heavy (non-hydrogen) atoms. The Balaban J connectivity index is 1.72. The Bertz CT molecular complexity index is 840. The number of fused-ring (bicyclic) bond motifs is 1. The summed E-state index contributed by atoms with van der Waals surface area (Å²) in [4.78, 5) is 13.6. The first kappa shape index (κ1) is 17.5. The number of unbranched alkanes of at least 4 members (excludes halogenated alkanes) is 1. The molecule has 0 aliphatic rings. The van der Waals surface area contributed by atoms with Crippen LogP contribution in [0.3, 0.4) is 0 Å². The number of nitrogens with one attached hydrogen (secondary N) is 1. The van der Waals surface area contributed by atoms with Crippen molar-refractivity contribution in [2.24, 2.45) is 0 Å². The summed E-state index contributed by atoms with van der Waals surface area (Å²) in [7, 11) is 1.66. The first-order valence-electron chi connectivity index (χ1n) is 8.58. The lowest BCUT2D eigenvalue weighted by atomic mass is 10.1. The summed E-state index contributed by atoms with van der Waals surface area (Å²) in [6, 6.07) is 9.69. The van der Waals surface area contributed by atoms with Crippen molar-refractivity contribution in [3.63, 3.8) is 0 Å². The Morgan fingerprint density at radius 1 is 1.36 bits per heavy atom. The number of rotatable bonds is 8. The van der Waals surface area contributed by atoms with Crippen LogP contribution in [-0.2, 0) is 13.0 Å². The van der Waals surface area contributed by atoms with Gasteiger partial charge in [0.25, 0.3) is 5.91 Å². The van der Waals surface area contributed by atoms with Gasteiger partial charge in [-0.15, -0.1) is 11.3 Å². The first-order chi connectivity index (χ1) is 12.2. The SMILES string of the molecule is CCCCn1nc2cc(C(=O)NCCc3cccs3)ccc2c1OC.